The van der Waals surface area contributed by atoms with Crippen LogP contribution in [0.2, 0.25) is 0 Å². The summed E-state index contributed by atoms with van der Waals surface area (Å²) in [5, 5.41) is 13.5. The lowest BCUT2D eigenvalue weighted by Crippen LogP contribution is -2.04. The second-order valence-electron chi connectivity index (χ2n) is 12.5. The molecule has 0 unspecified atom stereocenters. The maximum absolute atomic E-state index is 5.51. The standard InChI is InChI=1S/C44H25N3S/c1-2-13-27(14-3-1)42-40-28-15-5-4-12-26(28)22-24-34(40)45-44(46-42)47-35-20-10-8-18-31(35)39-30-17-7-6-16-29(30)38-33(43(39)47)23-25-37-41(38)32-19-9-11-21-36(32)48-37/h1-25H. The van der Waals surface area contributed by atoms with Crippen LogP contribution in [0.5, 0.6) is 0 Å². The van der Waals surface area contributed by atoms with E-state index in [2.05, 4.69) is 156 Å². The van der Waals surface area contributed by atoms with E-state index in [1.807, 2.05) is 11.3 Å². The van der Waals surface area contributed by atoms with Crippen molar-refractivity contribution in [1.82, 2.24) is 14.5 Å². The van der Waals surface area contributed by atoms with E-state index in [-0.39, 0.29) is 0 Å². The normalized spacial score (nSPS) is 12.2. The minimum absolute atomic E-state index is 0.676. The number of fused-ring (bicyclic) bond motifs is 15. The minimum atomic E-state index is 0.676. The topological polar surface area (TPSA) is 30.7 Å². The molecular weight excluding hydrogens is 603 g/mol. The molecule has 0 amide bonds. The number of nitrogens with zero attached hydrogens (tertiary/aromatic N) is 3. The van der Waals surface area contributed by atoms with E-state index in [0.29, 0.717) is 5.95 Å². The molecule has 48 heavy (non-hydrogen) atoms. The summed E-state index contributed by atoms with van der Waals surface area (Å²) >= 11 is 1.87. The quantitative estimate of drug-likeness (QED) is 0.179. The molecule has 0 saturated carbocycles. The monoisotopic (exact) mass is 627 g/mol. The van der Waals surface area contributed by atoms with Crippen LogP contribution in [-0.2, 0) is 0 Å². The molecule has 0 atom stereocenters. The second kappa shape index (κ2) is 9.71. The second-order valence-corrected chi connectivity index (χ2v) is 13.6. The summed E-state index contributed by atoms with van der Waals surface area (Å²) < 4.78 is 4.93. The molecule has 0 aliphatic heterocycles. The average Bonchev–Trinajstić information content (AvgIpc) is 3.71. The maximum Gasteiger partial charge on any atom is 0.235 e. The van der Waals surface area contributed by atoms with Crippen molar-refractivity contribution in [1.29, 1.82) is 0 Å². The van der Waals surface area contributed by atoms with E-state index in [0.717, 1.165) is 38.6 Å². The first-order valence-electron chi connectivity index (χ1n) is 16.3. The van der Waals surface area contributed by atoms with Gasteiger partial charge in [0, 0.05) is 52.7 Å². The van der Waals surface area contributed by atoms with Crippen molar-refractivity contribution in [2.45, 2.75) is 0 Å². The molecule has 3 heterocycles. The largest absolute Gasteiger partial charge is 0.277 e. The lowest BCUT2D eigenvalue weighted by molar-refractivity contribution is 1.02. The first-order valence-corrected chi connectivity index (χ1v) is 17.1. The van der Waals surface area contributed by atoms with Gasteiger partial charge in [0.1, 0.15) is 0 Å². The molecule has 0 aliphatic carbocycles. The van der Waals surface area contributed by atoms with Gasteiger partial charge in [-0.1, -0.05) is 127 Å². The molecule has 8 aromatic carbocycles. The van der Waals surface area contributed by atoms with Gasteiger partial charge in [-0.05, 0) is 45.8 Å². The van der Waals surface area contributed by atoms with Gasteiger partial charge in [0.25, 0.3) is 0 Å². The Balaban J connectivity index is 1.38. The van der Waals surface area contributed by atoms with E-state index in [1.165, 1.54) is 57.9 Å². The Bertz CT molecular complexity index is 3120. The summed E-state index contributed by atoms with van der Waals surface area (Å²) in [4.78, 5) is 10.9. The van der Waals surface area contributed by atoms with Gasteiger partial charge in [-0.25, -0.2) is 9.97 Å². The Morgan fingerprint density at radius 3 is 1.96 bits per heavy atom. The first-order chi connectivity index (χ1) is 23.8. The fraction of sp³-hybridized carbons (Fsp3) is 0. The molecule has 11 aromatic rings. The fourth-order valence-electron chi connectivity index (χ4n) is 7.98. The van der Waals surface area contributed by atoms with Gasteiger partial charge in [0.2, 0.25) is 5.95 Å². The molecule has 0 radical (unpaired) electrons. The lowest BCUT2D eigenvalue weighted by atomic mass is 9.94. The van der Waals surface area contributed by atoms with Crippen LogP contribution in [0.1, 0.15) is 0 Å². The number of rotatable bonds is 2. The summed E-state index contributed by atoms with van der Waals surface area (Å²) in [6.45, 7) is 0. The number of hydrogen-bond donors (Lipinski definition) is 0. The SMILES string of the molecule is c1ccc(-c2nc(-n3c4ccccc4c4c5ccccc5c5c(ccc6sc7ccccc7c65)c43)nc3ccc4ccccc4c23)cc1. The molecule has 0 spiro atoms. The van der Waals surface area contributed by atoms with E-state index >= 15 is 0 Å². The van der Waals surface area contributed by atoms with Crippen molar-refractivity contribution < 1.29 is 0 Å². The van der Waals surface area contributed by atoms with Gasteiger partial charge >= 0.3 is 0 Å². The molecule has 0 aliphatic rings. The zero-order valence-electron chi connectivity index (χ0n) is 25.7. The highest BCUT2D eigenvalue weighted by molar-refractivity contribution is 7.26. The van der Waals surface area contributed by atoms with E-state index in [1.54, 1.807) is 0 Å². The van der Waals surface area contributed by atoms with Crippen molar-refractivity contribution in [3.63, 3.8) is 0 Å². The molecular formula is C44H25N3S. The van der Waals surface area contributed by atoms with Crippen molar-refractivity contribution in [3.8, 4) is 17.2 Å². The molecule has 11 rings (SSSR count). The van der Waals surface area contributed by atoms with Crippen LogP contribution < -0.4 is 0 Å². The van der Waals surface area contributed by atoms with Crippen LogP contribution in [-0.4, -0.2) is 14.5 Å². The summed E-state index contributed by atoms with van der Waals surface area (Å²) in [7, 11) is 0. The van der Waals surface area contributed by atoms with Crippen molar-refractivity contribution in [2.75, 3.05) is 0 Å². The van der Waals surface area contributed by atoms with Crippen molar-refractivity contribution >= 4 is 96.5 Å². The molecule has 0 N–H and O–H groups in total. The predicted octanol–water partition coefficient (Wildman–Crippen LogP) is 12.2. The zero-order valence-corrected chi connectivity index (χ0v) is 26.5. The van der Waals surface area contributed by atoms with Gasteiger partial charge in [0.15, 0.2) is 0 Å². The van der Waals surface area contributed by atoms with Crippen LogP contribution in [0.15, 0.2) is 152 Å². The summed E-state index contributed by atoms with van der Waals surface area (Å²) in [6, 6.07) is 54.5. The molecule has 0 bridgehead atoms. The van der Waals surface area contributed by atoms with E-state index in [4.69, 9.17) is 9.97 Å². The number of para-hydroxylation sites is 1. The number of benzene rings is 8. The average molecular weight is 628 g/mol. The Hall–Kier alpha value is -6.10. The Morgan fingerprint density at radius 1 is 0.417 bits per heavy atom. The van der Waals surface area contributed by atoms with Crippen LogP contribution in [0.3, 0.4) is 0 Å². The third kappa shape index (κ3) is 3.47. The number of hydrogen-bond acceptors (Lipinski definition) is 3. The number of aromatic nitrogens is 3. The summed E-state index contributed by atoms with van der Waals surface area (Å²) in [6.07, 6.45) is 0. The smallest absolute Gasteiger partial charge is 0.235 e. The van der Waals surface area contributed by atoms with Crippen molar-refractivity contribution in [2.24, 2.45) is 0 Å². The van der Waals surface area contributed by atoms with Crippen LogP contribution in [0, 0.1) is 0 Å². The van der Waals surface area contributed by atoms with Crippen LogP contribution in [0.4, 0.5) is 0 Å². The highest BCUT2D eigenvalue weighted by Gasteiger charge is 2.23. The molecule has 0 saturated heterocycles. The summed E-state index contributed by atoms with van der Waals surface area (Å²) in [5.41, 5.74) is 5.18. The Kier molecular flexibility index (Phi) is 5.26. The van der Waals surface area contributed by atoms with Gasteiger partial charge in [-0.2, -0.15) is 0 Å². The predicted molar refractivity (Wildman–Crippen MR) is 205 cm³/mol. The van der Waals surface area contributed by atoms with Crippen LogP contribution in [0.25, 0.3) is 102 Å². The molecule has 222 valence electrons. The van der Waals surface area contributed by atoms with Gasteiger partial charge in [-0.3, -0.25) is 4.57 Å². The molecule has 0 fully saturated rings. The Morgan fingerprint density at radius 2 is 1.10 bits per heavy atom. The molecule has 3 aromatic heterocycles. The van der Waals surface area contributed by atoms with E-state index < -0.39 is 0 Å². The molecule has 3 nitrogen and oxygen atoms in total. The fourth-order valence-corrected chi connectivity index (χ4v) is 9.10. The highest BCUT2D eigenvalue weighted by Crippen LogP contribution is 2.47. The summed E-state index contributed by atoms with van der Waals surface area (Å²) in [5.74, 6) is 0.676. The van der Waals surface area contributed by atoms with Gasteiger partial charge < -0.3 is 0 Å². The van der Waals surface area contributed by atoms with Crippen molar-refractivity contribution in [3.05, 3.63) is 152 Å². The minimum Gasteiger partial charge on any atom is -0.277 e. The van der Waals surface area contributed by atoms with Crippen LogP contribution >= 0.6 is 11.3 Å². The number of thiophene rings is 1. The maximum atomic E-state index is 5.51. The lowest BCUT2D eigenvalue weighted by Gasteiger charge is -2.15. The first kappa shape index (κ1) is 26.0. The van der Waals surface area contributed by atoms with Gasteiger partial charge in [0.05, 0.1) is 22.2 Å². The van der Waals surface area contributed by atoms with Gasteiger partial charge in [-0.15, -0.1) is 11.3 Å². The third-order valence-corrected chi connectivity index (χ3v) is 11.1. The Labute approximate surface area is 278 Å². The highest BCUT2D eigenvalue weighted by atomic mass is 32.1. The molecule has 4 heteroatoms. The van der Waals surface area contributed by atoms with E-state index in [9.17, 15) is 0 Å². The third-order valence-electron chi connectivity index (χ3n) is 9.96. The zero-order chi connectivity index (χ0) is 31.3.